The van der Waals surface area contributed by atoms with Crippen LogP contribution in [-0.2, 0) is 0 Å². The van der Waals surface area contributed by atoms with Gasteiger partial charge < -0.3 is 5.32 Å². The van der Waals surface area contributed by atoms with Crippen LogP contribution in [0.5, 0.6) is 0 Å². The van der Waals surface area contributed by atoms with Crippen LogP contribution >= 0.6 is 15.9 Å². The second-order valence-corrected chi connectivity index (χ2v) is 5.31. The minimum atomic E-state index is -0.208. The van der Waals surface area contributed by atoms with Gasteiger partial charge >= 0.3 is 0 Å². The highest BCUT2D eigenvalue weighted by Crippen LogP contribution is 2.25. The maximum atomic E-state index is 13.2. The SMILES string of the molecule is CCNC(c1ccc(Br)cn1)c1ccc(F)cc1C. The molecule has 1 N–H and O–H groups in total. The maximum Gasteiger partial charge on any atom is 0.123 e. The van der Waals surface area contributed by atoms with Gasteiger partial charge in [0, 0.05) is 10.7 Å². The summed E-state index contributed by atoms with van der Waals surface area (Å²) in [5, 5.41) is 3.39. The summed E-state index contributed by atoms with van der Waals surface area (Å²) in [5.41, 5.74) is 2.91. The second kappa shape index (κ2) is 6.26. The van der Waals surface area contributed by atoms with E-state index in [0.717, 1.165) is 27.8 Å². The van der Waals surface area contributed by atoms with E-state index in [2.05, 4.69) is 26.2 Å². The molecule has 0 spiro atoms. The van der Waals surface area contributed by atoms with Crippen LogP contribution in [0.2, 0.25) is 0 Å². The van der Waals surface area contributed by atoms with Gasteiger partial charge in [0.2, 0.25) is 0 Å². The number of rotatable bonds is 4. The van der Waals surface area contributed by atoms with Gasteiger partial charge in [0.1, 0.15) is 5.82 Å². The predicted octanol–water partition coefficient (Wildman–Crippen LogP) is 3.99. The summed E-state index contributed by atoms with van der Waals surface area (Å²) < 4.78 is 14.2. The fraction of sp³-hybridized carbons (Fsp3) is 0.267. The zero-order valence-electron chi connectivity index (χ0n) is 11.0. The highest BCUT2D eigenvalue weighted by atomic mass is 79.9. The number of halogens is 2. The number of nitrogens with one attached hydrogen (secondary N) is 1. The molecule has 0 radical (unpaired) electrons. The molecule has 0 aliphatic carbocycles. The van der Waals surface area contributed by atoms with E-state index in [1.807, 2.05) is 32.0 Å². The number of pyridine rings is 1. The normalized spacial score (nSPS) is 12.4. The zero-order chi connectivity index (χ0) is 13.8. The molecule has 0 aliphatic heterocycles. The fourth-order valence-corrected chi connectivity index (χ4v) is 2.33. The third-order valence-electron chi connectivity index (χ3n) is 3.00. The van der Waals surface area contributed by atoms with Crippen molar-refractivity contribution < 1.29 is 4.39 Å². The number of hydrogen-bond acceptors (Lipinski definition) is 2. The maximum absolute atomic E-state index is 13.2. The summed E-state index contributed by atoms with van der Waals surface area (Å²) in [7, 11) is 0. The first-order valence-corrected chi connectivity index (χ1v) is 7.02. The van der Waals surface area contributed by atoms with Crippen molar-refractivity contribution >= 4 is 15.9 Å². The summed E-state index contributed by atoms with van der Waals surface area (Å²) in [6, 6.07) is 8.79. The molecule has 2 aromatic rings. The predicted molar refractivity (Wildman–Crippen MR) is 78.6 cm³/mol. The van der Waals surface area contributed by atoms with E-state index in [1.54, 1.807) is 12.3 Å². The summed E-state index contributed by atoms with van der Waals surface area (Å²) in [5.74, 6) is -0.208. The first-order valence-electron chi connectivity index (χ1n) is 6.22. The van der Waals surface area contributed by atoms with Crippen LogP contribution in [0.1, 0.15) is 29.8 Å². The molecule has 1 unspecified atom stereocenters. The van der Waals surface area contributed by atoms with Gasteiger partial charge in [-0.1, -0.05) is 13.0 Å². The van der Waals surface area contributed by atoms with Crippen molar-refractivity contribution in [2.24, 2.45) is 0 Å². The van der Waals surface area contributed by atoms with Gasteiger partial charge in [-0.05, 0) is 64.8 Å². The van der Waals surface area contributed by atoms with Crippen molar-refractivity contribution in [1.29, 1.82) is 0 Å². The Balaban J connectivity index is 2.41. The smallest absolute Gasteiger partial charge is 0.123 e. The molecule has 4 heteroatoms. The summed E-state index contributed by atoms with van der Waals surface area (Å²) in [6.45, 7) is 4.78. The van der Waals surface area contributed by atoms with Gasteiger partial charge in [-0.15, -0.1) is 0 Å². The first kappa shape index (κ1) is 14.2. The number of aryl methyl sites for hydroxylation is 1. The molecule has 0 saturated heterocycles. The quantitative estimate of drug-likeness (QED) is 0.920. The van der Waals surface area contributed by atoms with E-state index < -0.39 is 0 Å². The summed E-state index contributed by atoms with van der Waals surface area (Å²) >= 11 is 3.38. The lowest BCUT2D eigenvalue weighted by Crippen LogP contribution is -2.23. The van der Waals surface area contributed by atoms with E-state index in [1.165, 1.54) is 6.07 Å². The van der Waals surface area contributed by atoms with E-state index in [-0.39, 0.29) is 11.9 Å². The lowest BCUT2D eigenvalue weighted by atomic mass is 9.98. The molecule has 0 fully saturated rings. The van der Waals surface area contributed by atoms with Crippen LogP contribution < -0.4 is 5.32 Å². The average Bonchev–Trinajstić information content (AvgIpc) is 2.38. The van der Waals surface area contributed by atoms with E-state index >= 15 is 0 Å². The Morgan fingerprint density at radius 1 is 1.32 bits per heavy atom. The standard InChI is InChI=1S/C15H16BrFN2/c1-3-18-15(14-7-4-11(16)9-19-14)13-6-5-12(17)8-10(13)2/h4-9,15,18H,3H2,1-2H3. The number of nitrogens with zero attached hydrogens (tertiary/aromatic N) is 1. The van der Waals surface area contributed by atoms with Crippen LogP contribution in [0.15, 0.2) is 41.0 Å². The Labute approximate surface area is 121 Å². The van der Waals surface area contributed by atoms with Gasteiger partial charge in [-0.2, -0.15) is 0 Å². The van der Waals surface area contributed by atoms with Crippen LogP contribution in [0.25, 0.3) is 0 Å². The highest BCUT2D eigenvalue weighted by Gasteiger charge is 2.16. The summed E-state index contributed by atoms with van der Waals surface area (Å²) in [6.07, 6.45) is 1.78. The van der Waals surface area contributed by atoms with Crippen LogP contribution in [0, 0.1) is 12.7 Å². The zero-order valence-corrected chi connectivity index (χ0v) is 12.5. The monoisotopic (exact) mass is 322 g/mol. The highest BCUT2D eigenvalue weighted by molar-refractivity contribution is 9.10. The molecule has 0 amide bonds. The Hall–Kier alpha value is -1.26. The van der Waals surface area contributed by atoms with Gasteiger partial charge in [0.25, 0.3) is 0 Å². The third-order valence-corrected chi connectivity index (χ3v) is 3.47. The van der Waals surface area contributed by atoms with E-state index in [4.69, 9.17) is 0 Å². The van der Waals surface area contributed by atoms with Crippen molar-refractivity contribution in [3.8, 4) is 0 Å². The molecule has 2 nitrogen and oxygen atoms in total. The van der Waals surface area contributed by atoms with E-state index in [0.29, 0.717) is 0 Å². The molecule has 0 saturated carbocycles. The molecule has 1 atom stereocenters. The molecular weight excluding hydrogens is 307 g/mol. The molecule has 0 bridgehead atoms. The van der Waals surface area contributed by atoms with Gasteiger partial charge in [-0.25, -0.2) is 4.39 Å². The molecule has 2 rings (SSSR count). The Morgan fingerprint density at radius 2 is 2.11 bits per heavy atom. The van der Waals surface area contributed by atoms with Crippen molar-refractivity contribution in [2.45, 2.75) is 19.9 Å². The molecule has 1 aromatic carbocycles. The molecule has 0 aliphatic rings. The molecule has 100 valence electrons. The minimum Gasteiger partial charge on any atom is -0.305 e. The summed E-state index contributed by atoms with van der Waals surface area (Å²) in [4.78, 5) is 4.43. The van der Waals surface area contributed by atoms with Crippen molar-refractivity contribution in [3.05, 3.63) is 63.6 Å². The minimum absolute atomic E-state index is 0.0151. The second-order valence-electron chi connectivity index (χ2n) is 4.39. The van der Waals surface area contributed by atoms with Crippen molar-refractivity contribution in [2.75, 3.05) is 6.54 Å². The van der Waals surface area contributed by atoms with E-state index in [9.17, 15) is 4.39 Å². The Morgan fingerprint density at radius 3 is 2.68 bits per heavy atom. The molecule has 1 heterocycles. The topological polar surface area (TPSA) is 24.9 Å². The molecule has 19 heavy (non-hydrogen) atoms. The van der Waals surface area contributed by atoms with Gasteiger partial charge in [0.05, 0.1) is 11.7 Å². The number of benzene rings is 1. The van der Waals surface area contributed by atoms with Crippen molar-refractivity contribution in [3.63, 3.8) is 0 Å². The first-order chi connectivity index (χ1) is 9.11. The van der Waals surface area contributed by atoms with Crippen LogP contribution in [0.3, 0.4) is 0 Å². The van der Waals surface area contributed by atoms with Crippen LogP contribution in [-0.4, -0.2) is 11.5 Å². The largest absolute Gasteiger partial charge is 0.305 e. The number of hydrogen-bond donors (Lipinski definition) is 1. The van der Waals surface area contributed by atoms with Crippen molar-refractivity contribution in [1.82, 2.24) is 10.3 Å². The lowest BCUT2D eigenvalue weighted by molar-refractivity contribution is 0.601. The van der Waals surface area contributed by atoms with Gasteiger partial charge in [-0.3, -0.25) is 4.98 Å². The molecule has 1 aromatic heterocycles. The third kappa shape index (κ3) is 3.39. The number of aromatic nitrogens is 1. The fourth-order valence-electron chi connectivity index (χ4n) is 2.10. The lowest BCUT2D eigenvalue weighted by Gasteiger charge is -2.20. The van der Waals surface area contributed by atoms with Gasteiger partial charge in [0.15, 0.2) is 0 Å². The molecular formula is C15H16BrFN2. The van der Waals surface area contributed by atoms with Crippen LogP contribution in [0.4, 0.5) is 4.39 Å². The average molecular weight is 323 g/mol. The Kier molecular flexibility index (Phi) is 4.66. The Bertz CT molecular complexity index is 555.